The monoisotopic (exact) mass is 1100 g/mol. The summed E-state index contributed by atoms with van der Waals surface area (Å²) in [5.74, 6) is -0.201. The summed E-state index contributed by atoms with van der Waals surface area (Å²) < 4.78 is 23.4. The molecule has 0 spiro atoms. The van der Waals surface area contributed by atoms with Crippen LogP contribution < -0.4 is 10.2 Å². The summed E-state index contributed by atoms with van der Waals surface area (Å²) >= 11 is 0. The number of nitrogens with zero attached hydrogens (tertiary/aromatic N) is 1. The van der Waals surface area contributed by atoms with Gasteiger partial charge in [0.2, 0.25) is 5.91 Å². The third-order valence-electron chi connectivity index (χ3n) is 15.3. The number of hydrogen-bond donors (Lipinski definition) is 2. The second kappa shape index (κ2) is 59.1. The lowest BCUT2D eigenvalue weighted by Crippen LogP contribution is -2.45. The Labute approximate surface area is 479 Å². The van der Waals surface area contributed by atoms with Crippen LogP contribution in [0.2, 0.25) is 0 Å². The van der Waals surface area contributed by atoms with E-state index in [1.807, 2.05) is 27.2 Å². The number of nitrogens with one attached hydrogen (secondary N) is 1. The number of aliphatic hydroxyl groups is 1. The fraction of sp³-hybridized carbons (Fsp3) is 0.868. The zero-order valence-electron chi connectivity index (χ0n) is 51.9. The number of carbonyl (C=O) groups excluding carboxylic acids is 1. The fourth-order valence-electron chi connectivity index (χ4n) is 10.0. The molecule has 0 aromatic carbocycles. The van der Waals surface area contributed by atoms with E-state index in [0.29, 0.717) is 17.4 Å². The third-order valence-corrected chi connectivity index (χ3v) is 16.2. The van der Waals surface area contributed by atoms with Gasteiger partial charge in [-0.05, 0) is 64.2 Å². The van der Waals surface area contributed by atoms with Crippen molar-refractivity contribution in [1.29, 1.82) is 0 Å². The molecule has 0 aromatic rings. The van der Waals surface area contributed by atoms with E-state index in [-0.39, 0.29) is 19.1 Å². The van der Waals surface area contributed by atoms with Crippen molar-refractivity contribution in [1.82, 2.24) is 5.32 Å². The van der Waals surface area contributed by atoms with E-state index < -0.39 is 20.0 Å². The van der Waals surface area contributed by atoms with Crippen LogP contribution >= 0.6 is 7.82 Å². The number of rotatable bonds is 62. The van der Waals surface area contributed by atoms with Gasteiger partial charge in [-0.1, -0.05) is 306 Å². The highest BCUT2D eigenvalue weighted by Crippen LogP contribution is 2.38. The number of hydrogen-bond acceptors (Lipinski definition) is 6. The summed E-state index contributed by atoms with van der Waals surface area (Å²) in [5.41, 5.74) is 0. The number of likely N-dealkylation sites (N-methyl/N-ethyl adjacent to an activating group) is 1. The molecule has 9 heteroatoms. The van der Waals surface area contributed by atoms with Gasteiger partial charge in [0.1, 0.15) is 13.2 Å². The first-order valence-electron chi connectivity index (χ1n) is 33.5. The first kappa shape index (κ1) is 75.5. The van der Waals surface area contributed by atoms with Crippen LogP contribution in [0.4, 0.5) is 0 Å². The Bertz CT molecular complexity index is 1390. The Morgan fingerprint density at radius 2 is 0.766 bits per heavy atom. The number of quaternary nitrogens is 1. The number of phosphoric acid groups is 1. The maximum Gasteiger partial charge on any atom is 0.268 e. The number of phosphoric ester groups is 1. The molecule has 8 nitrogen and oxygen atoms in total. The standard InChI is InChI=1S/C68H131N2O6P/c1-6-8-10-12-14-16-18-20-22-24-26-27-28-29-30-31-32-33-34-35-36-37-38-39-40-41-42-43-44-46-48-50-52-54-56-58-60-62-68(72)69-66(65-76-77(73,74)75-64-63-70(3,4)5)67(71)61-59-57-55-53-51-49-47-45-25-23-21-19-17-15-13-11-9-7-2/h18,20,24,26,51,53,59,61,66-67,71H,6-17,19,21-23,25,27-50,52,54-58,60,62-65H2,1-5H3,(H-,69,72,73,74)/b20-18-,26-24-,53-51+,61-59+. The number of carbonyl (C=O) groups is 1. The van der Waals surface area contributed by atoms with E-state index in [2.05, 4.69) is 55.6 Å². The van der Waals surface area contributed by atoms with Crippen LogP contribution in [-0.4, -0.2) is 68.5 Å². The first-order chi connectivity index (χ1) is 37.5. The molecular weight excluding hydrogens is 972 g/mol. The summed E-state index contributed by atoms with van der Waals surface area (Å²) in [4.78, 5) is 25.6. The van der Waals surface area contributed by atoms with E-state index in [1.165, 1.54) is 263 Å². The Kier molecular flexibility index (Phi) is 57.9. The summed E-state index contributed by atoms with van der Waals surface area (Å²) in [5, 5.41) is 13.9. The number of allylic oxidation sites excluding steroid dienone is 7. The van der Waals surface area contributed by atoms with E-state index in [1.54, 1.807) is 6.08 Å². The minimum absolute atomic E-state index is 0.00501. The Balaban J connectivity index is 3.97. The van der Waals surface area contributed by atoms with Gasteiger partial charge in [-0.3, -0.25) is 9.36 Å². The van der Waals surface area contributed by atoms with Crippen LogP contribution in [-0.2, 0) is 18.4 Å². The van der Waals surface area contributed by atoms with Crippen LogP contribution in [0.1, 0.15) is 328 Å². The van der Waals surface area contributed by atoms with Gasteiger partial charge in [-0.15, -0.1) is 0 Å². The largest absolute Gasteiger partial charge is 0.756 e. The summed E-state index contributed by atoms with van der Waals surface area (Å²) in [6, 6.07) is -0.903. The molecule has 0 heterocycles. The van der Waals surface area contributed by atoms with Crippen LogP contribution in [0.15, 0.2) is 48.6 Å². The lowest BCUT2D eigenvalue weighted by molar-refractivity contribution is -0.870. The highest BCUT2D eigenvalue weighted by Gasteiger charge is 2.23. The van der Waals surface area contributed by atoms with Gasteiger partial charge < -0.3 is 28.8 Å². The van der Waals surface area contributed by atoms with Crippen LogP contribution in [0.5, 0.6) is 0 Å². The highest BCUT2D eigenvalue weighted by atomic mass is 31.2. The van der Waals surface area contributed by atoms with E-state index in [9.17, 15) is 19.4 Å². The highest BCUT2D eigenvalue weighted by molar-refractivity contribution is 7.45. The van der Waals surface area contributed by atoms with Crippen molar-refractivity contribution in [2.45, 2.75) is 341 Å². The SMILES string of the molecule is CCCCCCC/C=C\C/C=C\CCCCCCCCCCCCCCCCCCCCCCCCCCCC(=O)NC(COP(=O)([O-])OCC[N+](C)(C)C)C(O)/C=C/CC/C=C/CCCCCCCCCCCCCC. The van der Waals surface area contributed by atoms with Crippen molar-refractivity contribution in [3.63, 3.8) is 0 Å². The van der Waals surface area contributed by atoms with Gasteiger partial charge in [0.25, 0.3) is 7.82 Å². The molecule has 0 saturated carbocycles. The molecule has 0 aromatic heterocycles. The lowest BCUT2D eigenvalue weighted by Gasteiger charge is -2.29. The number of unbranched alkanes of at least 4 members (excludes halogenated alkanes) is 43. The predicted molar refractivity (Wildman–Crippen MR) is 334 cm³/mol. The molecule has 3 unspecified atom stereocenters. The quantitative estimate of drug-likeness (QED) is 0.0272. The van der Waals surface area contributed by atoms with Crippen molar-refractivity contribution in [3.8, 4) is 0 Å². The average Bonchev–Trinajstić information content (AvgIpc) is 3.39. The molecule has 0 rings (SSSR count). The zero-order valence-corrected chi connectivity index (χ0v) is 52.8. The molecule has 3 atom stereocenters. The molecule has 0 saturated heterocycles. The minimum atomic E-state index is -4.61. The number of amides is 1. The van der Waals surface area contributed by atoms with Crippen molar-refractivity contribution in [2.75, 3.05) is 40.9 Å². The summed E-state index contributed by atoms with van der Waals surface area (Å²) in [7, 11) is 1.26. The second-order valence-electron chi connectivity index (χ2n) is 24.2. The molecular formula is C68H131N2O6P. The fourth-order valence-corrected chi connectivity index (χ4v) is 10.8. The molecule has 0 aliphatic rings. The topological polar surface area (TPSA) is 108 Å². The van der Waals surface area contributed by atoms with Gasteiger partial charge in [0.05, 0.1) is 39.9 Å². The van der Waals surface area contributed by atoms with E-state index in [4.69, 9.17) is 9.05 Å². The maximum absolute atomic E-state index is 13.0. The van der Waals surface area contributed by atoms with Gasteiger partial charge >= 0.3 is 0 Å². The average molecular weight is 1100 g/mol. The molecule has 454 valence electrons. The normalized spacial score (nSPS) is 14.0. The minimum Gasteiger partial charge on any atom is -0.756 e. The molecule has 0 radical (unpaired) electrons. The maximum atomic E-state index is 13.0. The molecule has 1 amide bonds. The predicted octanol–water partition coefficient (Wildman–Crippen LogP) is 20.4. The smallest absolute Gasteiger partial charge is 0.268 e. The third kappa shape index (κ3) is 61.9. The van der Waals surface area contributed by atoms with Gasteiger partial charge in [-0.2, -0.15) is 0 Å². The van der Waals surface area contributed by atoms with Crippen molar-refractivity contribution in [2.24, 2.45) is 0 Å². The van der Waals surface area contributed by atoms with Crippen LogP contribution in [0.3, 0.4) is 0 Å². The van der Waals surface area contributed by atoms with E-state index in [0.717, 1.165) is 44.9 Å². The Morgan fingerprint density at radius 1 is 0.455 bits per heavy atom. The van der Waals surface area contributed by atoms with Gasteiger partial charge in [-0.25, -0.2) is 0 Å². The summed E-state index contributed by atoms with van der Waals surface area (Å²) in [6.45, 7) is 4.65. The Morgan fingerprint density at radius 3 is 1.13 bits per heavy atom. The van der Waals surface area contributed by atoms with Crippen LogP contribution in [0, 0.1) is 0 Å². The molecule has 0 fully saturated rings. The lowest BCUT2D eigenvalue weighted by atomic mass is 10.0. The Hall–Kier alpha value is -1.54. The van der Waals surface area contributed by atoms with Crippen LogP contribution in [0.25, 0.3) is 0 Å². The van der Waals surface area contributed by atoms with Gasteiger partial charge in [0, 0.05) is 6.42 Å². The zero-order chi connectivity index (χ0) is 56.3. The van der Waals surface area contributed by atoms with Crippen molar-refractivity contribution in [3.05, 3.63) is 48.6 Å². The molecule has 0 bridgehead atoms. The molecule has 0 aliphatic carbocycles. The van der Waals surface area contributed by atoms with E-state index >= 15 is 0 Å². The van der Waals surface area contributed by atoms with Gasteiger partial charge in [0.15, 0.2) is 0 Å². The molecule has 77 heavy (non-hydrogen) atoms. The number of aliphatic hydroxyl groups excluding tert-OH is 1. The molecule has 0 aliphatic heterocycles. The van der Waals surface area contributed by atoms with Crippen molar-refractivity contribution >= 4 is 13.7 Å². The second-order valence-corrected chi connectivity index (χ2v) is 25.6. The van der Waals surface area contributed by atoms with Crippen molar-refractivity contribution < 1.29 is 32.9 Å². The molecule has 2 N–H and O–H groups in total. The summed E-state index contributed by atoms with van der Waals surface area (Å²) in [6.07, 6.45) is 79.5. The first-order valence-corrected chi connectivity index (χ1v) is 35.0.